The predicted octanol–water partition coefficient (Wildman–Crippen LogP) is 0.376. The van der Waals surface area contributed by atoms with Gasteiger partial charge in [-0.05, 0) is 31.4 Å². The highest BCUT2D eigenvalue weighted by atomic mass is 16.2. The lowest BCUT2D eigenvalue weighted by molar-refractivity contribution is -0.124. The average Bonchev–Trinajstić information content (AvgIpc) is 2.49. The van der Waals surface area contributed by atoms with Crippen LogP contribution < -0.4 is 17.0 Å². The van der Waals surface area contributed by atoms with Crippen molar-refractivity contribution < 1.29 is 9.59 Å². The second-order valence-corrected chi connectivity index (χ2v) is 5.59. The van der Waals surface area contributed by atoms with Gasteiger partial charge in [-0.1, -0.05) is 18.2 Å². The minimum atomic E-state index is -0.304. The highest BCUT2D eigenvalue weighted by molar-refractivity contribution is 5.95. The fourth-order valence-electron chi connectivity index (χ4n) is 2.81. The van der Waals surface area contributed by atoms with E-state index in [2.05, 4.69) is 17.2 Å². The summed E-state index contributed by atoms with van der Waals surface area (Å²) in [5.74, 6) is 4.55. The van der Waals surface area contributed by atoms with Gasteiger partial charge in [0.05, 0.1) is 5.92 Å². The highest BCUT2D eigenvalue weighted by Gasteiger charge is 2.29. The molecule has 6 heteroatoms. The summed E-state index contributed by atoms with van der Waals surface area (Å²) in [6, 6.07) is 7.71. The van der Waals surface area contributed by atoms with Crippen molar-refractivity contribution in [1.82, 2.24) is 10.3 Å². The second kappa shape index (κ2) is 6.69. The molecule has 2 amide bonds. The van der Waals surface area contributed by atoms with E-state index in [0.717, 1.165) is 18.4 Å². The van der Waals surface area contributed by atoms with E-state index in [-0.39, 0.29) is 17.7 Å². The predicted molar refractivity (Wildman–Crippen MR) is 79.9 cm³/mol. The summed E-state index contributed by atoms with van der Waals surface area (Å²) < 4.78 is 0. The molecule has 1 heterocycles. The molecular formula is C15H22N4O2. The first-order chi connectivity index (χ1) is 10.0. The number of nitrogens with zero attached hydrogens (tertiary/aromatic N) is 1. The van der Waals surface area contributed by atoms with Crippen molar-refractivity contribution in [3.05, 3.63) is 35.4 Å². The number of benzene rings is 1. The van der Waals surface area contributed by atoms with E-state index in [9.17, 15) is 9.59 Å². The summed E-state index contributed by atoms with van der Waals surface area (Å²) in [4.78, 5) is 25.4. The van der Waals surface area contributed by atoms with Crippen LogP contribution in [0, 0.1) is 5.92 Å². The molecule has 2 unspecified atom stereocenters. The molecule has 0 aliphatic carbocycles. The van der Waals surface area contributed by atoms with Gasteiger partial charge in [-0.2, -0.15) is 0 Å². The third-order valence-corrected chi connectivity index (χ3v) is 4.18. The first kappa shape index (κ1) is 15.5. The molecule has 6 nitrogen and oxygen atoms in total. The first-order valence-electron chi connectivity index (χ1n) is 7.15. The largest absolute Gasteiger partial charge is 0.369 e. The number of carbonyl (C=O) groups excluding carboxylic acids is 2. The van der Waals surface area contributed by atoms with Gasteiger partial charge in [-0.25, -0.2) is 5.84 Å². The zero-order valence-corrected chi connectivity index (χ0v) is 12.2. The zero-order chi connectivity index (χ0) is 15.4. The number of hydrazine groups is 1. The third kappa shape index (κ3) is 3.59. The maximum atomic E-state index is 11.8. The molecule has 5 N–H and O–H groups in total. The minimum Gasteiger partial charge on any atom is -0.369 e. The molecule has 1 aliphatic heterocycles. The van der Waals surface area contributed by atoms with Gasteiger partial charge < -0.3 is 5.73 Å². The highest BCUT2D eigenvalue weighted by Crippen LogP contribution is 2.24. The van der Waals surface area contributed by atoms with Crippen LogP contribution in [0.25, 0.3) is 0 Å². The fourth-order valence-corrected chi connectivity index (χ4v) is 2.81. The van der Waals surface area contributed by atoms with E-state index in [1.165, 1.54) is 0 Å². The van der Waals surface area contributed by atoms with Crippen molar-refractivity contribution in [2.45, 2.75) is 32.4 Å². The molecule has 0 bridgehead atoms. The lowest BCUT2D eigenvalue weighted by atomic mass is 9.92. The number of nitrogen functional groups attached to an aromatic ring is 1. The van der Waals surface area contributed by atoms with Crippen LogP contribution in [0.5, 0.6) is 0 Å². The van der Waals surface area contributed by atoms with Crippen LogP contribution >= 0.6 is 0 Å². The Morgan fingerprint density at radius 3 is 2.71 bits per heavy atom. The van der Waals surface area contributed by atoms with Crippen LogP contribution in [0.1, 0.15) is 35.7 Å². The van der Waals surface area contributed by atoms with Gasteiger partial charge in [0.1, 0.15) is 0 Å². The average molecular weight is 290 g/mol. The molecule has 114 valence electrons. The van der Waals surface area contributed by atoms with Gasteiger partial charge in [0.2, 0.25) is 5.91 Å². The Morgan fingerprint density at radius 2 is 2.05 bits per heavy atom. The van der Waals surface area contributed by atoms with Gasteiger partial charge in [0, 0.05) is 24.7 Å². The van der Waals surface area contributed by atoms with E-state index in [0.29, 0.717) is 24.7 Å². The van der Waals surface area contributed by atoms with Crippen LogP contribution in [-0.2, 0) is 11.3 Å². The Labute approximate surface area is 124 Å². The van der Waals surface area contributed by atoms with Crippen LogP contribution in [0.15, 0.2) is 24.3 Å². The third-order valence-electron chi connectivity index (χ3n) is 4.18. The molecule has 1 aliphatic rings. The van der Waals surface area contributed by atoms with Gasteiger partial charge >= 0.3 is 0 Å². The molecule has 0 aromatic heterocycles. The number of carbonyl (C=O) groups is 2. The van der Waals surface area contributed by atoms with Crippen LogP contribution in [0.4, 0.5) is 0 Å². The fraction of sp³-hybridized carbons (Fsp3) is 0.467. The van der Waals surface area contributed by atoms with Crippen molar-refractivity contribution in [1.29, 1.82) is 0 Å². The summed E-state index contributed by atoms with van der Waals surface area (Å²) in [5.41, 5.74) is 9.05. The van der Waals surface area contributed by atoms with Gasteiger partial charge in [0.25, 0.3) is 5.91 Å². The molecule has 0 radical (unpaired) electrons. The summed E-state index contributed by atoms with van der Waals surface area (Å²) in [5, 5.41) is 0. The van der Waals surface area contributed by atoms with Crippen molar-refractivity contribution in [3.8, 4) is 0 Å². The summed E-state index contributed by atoms with van der Waals surface area (Å²) in [7, 11) is 0. The normalized spacial score (nSPS) is 22.8. The van der Waals surface area contributed by atoms with Gasteiger partial charge in [-0.15, -0.1) is 0 Å². The van der Waals surface area contributed by atoms with Gasteiger partial charge in [-0.3, -0.25) is 19.9 Å². The second-order valence-electron chi connectivity index (χ2n) is 5.59. The number of hydrogen-bond acceptors (Lipinski definition) is 4. The molecule has 2 atom stereocenters. The number of hydrogen-bond donors (Lipinski definition) is 3. The number of piperidine rings is 1. The Morgan fingerprint density at radius 1 is 1.33 bits per heavy atom. The summed E-state index contributed by atoms with van der Waals surface area (Å²) in [6.45, 7) is 3.37. The Bertz CT molecular complexity index is 532. The Balaban J connectivity index is 2.16. The number of primary amides is 1. The SMILES string of the molecule is CC1CCC(C(N)=O)CN1Cc1ccccc1C(=O)NN. The maximum absolute atomic E-state index is 11.8. The topological polar surface area (TPSA) is 101 Å². The van der Waals surface area contributed by atoms with E-state index in [1.807, 2.05) is 12.1 Å². The van der Waals surface area contributed by atoms with Crippen LogP contribution in [0.2, 0.25) is 0 Å². The molecule has 1 fully saturated rings. The lowest BCUT2D eigenvalue weighted by Crippen LogP contribution is -2.45. The number of nitrogens with one attached hydrogen (secondary N) is 1. The molecule has 1 aromatic rings. The standard InChI is InChI=1S/C15H22N4O2/c1-10-6-7-12(14(16)20)9-19(10)8-11-4-2-3-5-13(11)15(21)18-17/h2-5,10,12H,6-9,17H2,1H3,(H2,16,20)(H,18,21). The van der Waals surface area contributed by atoms with Crippen LogP contribution in [0.3, 0.4) is 0 Å². The molecule has 2 rings (SSSR count). The van der Waals surface area contributed by atoms with E-state index < -0.39 is 0 Å². The molecule has 1 aromatic carbocycles. The Hall–Kier alpha value is -1.92. The number of rotatable bonds is 4. The maximum Gasteiger partial charge on any atom is 0.265 e. The van der Waals surface area contributed by atoms with Crippen molar-refractivity contribution in [3.63, 3.8) is 0 Å². The summed E-state index contributed by atoms with van der Waals surface area (Å²) >= 11 is 0. The zero-order valence-electron chi connectivity index (χ0n) is 12.2. The quantitative estimate of drug-likeness (QED) is 0.424. The van der Waals surface area contributed by atoms with E-state index in [1.54, 1.807) is 12.1 Å². The van der Waals surface area contributed by atoms with Crippen molar-refractivity contribution in [2.75, 3.05) is 6.54 Å². The lowest BCUT2D eigenvalue weighted by Gasteiger charge is -2.37. The smallest absolute Gasteiger partial charge is 0.265 e. The number of amides is 2. The van der Waals surface area contributed by atoms with E-state index in [4.69, 9.17) is 11.6 Å². The van der Waals surface area contributed by atoms with Gasteiger partial charge in [0.15, 0.2) is 0 Å². The monoisotopic (exact) mass is 290 g/mol. The minimum absolute atomic E-state index is 0.114. The van der Waals surface area contributed by atoms with Crippen molar-refractivity contribution >= 4 is 11.8 Å². The molecule has 21 heavy (non-hydrogen) atoms. The number of nitrogens with two attached hydrogens (primary N) is 2. The number of likely N-dealkylation sites (tertiary alicyclic amines) is 1. The van der Waals surface area contributed by atoms with E-state index >= 15 is 0 Å². The van der Waals surface area contributed by atoms with Crippen LogP contribution in [-0.4, -0.2) is 29.3 Å². The molecule has 0 saturated carbocycles. The summed E-state index contributed by atoms with van der Waals surface area (Å²) in [6.07, 6.45) is 1.76. The Kier molecular flexibility index (Phi) is 4.93. The first-order valence-corrected chi connectivity index (χ1v) is 7.15. The molecule has 0 spiro atoms. The van der Waals surface area contributed by atoms with Crippen molar-refractivity contribution in [2.24, 2.45) is 17.5 Å². The molecule has 1 saturated heterocycles. The molecular weight excluding hydrogens is 268 g/mol.